The lowest BCUT2D eigenvalue weighted by atomic mass is 9.81. The third-order valence-corrected chi connectivity index (χ3v) is 5.24. The highest BCUT2D eigenvalue weighted by Crippen LogP contribution is 2.45. The predicted molar refractivity (Wildman–Crippen MR) is 83.5 cm³/mol. The summed E-state index contributed by atoms with van der Waals surface area (Å²) in [6.07, 6.45) is 5.58. The van der Waals surface area contributed by atoms with Gasteiger partial charge in [0, 0.05) is 12.0 Å². The molecule has 2 aliphatic rings. The summed E-state index contributed by atoms with van der Waals surface area (Å²) in [6.45, 7) is 3.20. The van der Waals surface area contributed by atoms with Crippen LogP contribution in [0.2, 0.25) is 10.0 Å². The molecule has 4 heteroatoms. The fourth-order valence-corrected chi connectivity index (χ4v) is 3.86. The topological polar surface area (TPSA) is 21.3 Å². The zero-order valence-corrected chi connectivity index (χ0v) is 13.3. The SMILES string of the molecule is CCCNC(c1ccc(Cl)c(Cl)c1)C1CC2CCC1O2. The summed E-state index contributed by atoms with van der Waals surface area (Å²) < 4.78 is 6.02. The van der Waals surface area contributed by atoms with Crippen molar-refractivity contribution in [1.82, 2.24) is 5.32 Å². The second kappa shape index (κ2) is 6.23. The molecule has 0 aliphatic carbocycles. The highest BCUT2D eigenvalue weighted by atomic mass is 35.5. The first-order chi connectivity index (χ1) is 9.69. The molecular formula is C16H21Cl2NO. The number of fused-ring (bicyclic) bond motifs is 2. The number of hydrogen-bond donors (Lipinski definition) is 1. The van der Waals surface area contributed by atoms with E-state index in [2.05, 4.69) is 18.3 Å². The van der Waals surface area contributed by atoms with Crippen molar-refractivity contribution in [2.45, 2.75) is 50.9 Å². The first kappa shape index (κ1) is 14.6. The Morgan fingerprint density at radius 1 is 1.30 bits per heavy atom. The smallest absolute Gasteiger partial charge is 0.0627 e. The molecule has 2 aliphatic heterocycles. The van der Waals surface area contributed by atoms with Crippen molar-refractivity contribution in [2.75, 3.05) is 6.54 Å². The molecule has 2 nitrogen and oxygen atoms in total. The fourth-order valence-electron chi connectivity index (χ4n) is 3.55. The van der Waals surface area contributed by atoms with Crippen LogP contribution in [-0.4, -0.2) is 18.8 Å². The molecule has 2 bridgehead atoms. The van der Waals surface area contributed by atoms with Gasteiger partial charge in [0.15, 0.2) is 0 Å². The molecule has 0 aromatic heterocycles. The molecule has 110 valence electrons. The van der Waals surface area contributed by atoms with Gasteiger partial charge in [-0.05, 0) is 49.9 Å². The minimum atomic E-state index is 0.319. The largest absolute Gasteiger partial charge is 0.375 e. The van der Waals surface area contributed by atoms with Crippen molar-refractivity contribution < 1.29 is 4.74 Å². The second-order valence-electron chi connectivity index (χ2n) is 5.88. The zero-order chi connectivity index (χ0) is 14.1. The molecule has 0 saturated carbocycles. The maximum Gasteiger partial charge on any atom is 0.0627 e. The summed E-state index contributed by atoms with van der Waals surface area (Å²) in [4.78, 5) is 0. The van der Waals surface area contributed by atoms with Crippen LogP contribution in [0.3, 0.4) is 0 Å². The summed E-state index contributed by atoms with van der Waals surface area (Å²) in [5.41, 5.74) is 1.23. The zero-order valence-electron chi connectivity index (χ0n) is 11.7. The molecule has 2 fully saturated rings. The Morgan fingerprint density at radius 2 is 2.15 bits per heavy atom. The minimum absolute atomic E-state index is 0.319. The summed E-state index contributed by atoms with van der Waals surface area (Å²) in [6, 6.07) is 6.31. The van der Waals surface area contributed by atoms with Gasteiger partial charge in [-0.3, -0.25) is 0 Å². The summed E-state index contributed by atoms with van der Waals surface area (Å²) in [5.74, 6) is 0.553. The molecule has 0 spiro atoms. The molecule has 1 aromatic rings. The van der Waals surface area contributed by atoms with Gasteiger partial charge in [0.2, 0.25) is 0 Å². The van der Waals surface area contributed by atoms with Gasteiger partial charge in [0.05, 0.1) is 22.3 Å². The van der Waals surface area contributed by atoms with E-state index in [4.69, 9.17) is 27.9 Å². The maximum atomic E-state index is 6.19. The quantitative estimate of drug-likeness (QED) is 0.857. The molecular weight excluding hydrogens is 293 g/mol. The number of rotatable bonds is 5. The first-order valence-corrected chi connectivity index (χ1v) is 8.28. The van der Waals surface area contributed by atoms with Crippen molar-refractivity contribution in [2.24, 2.45) is 5.92 Å². The van der Waals surface area contributed by atoms with E-state index in [-0.39, 0.29) is 0 Å². The normalized spacial score (nSPS) is 29.9. The van der Waals surface area contributed by atoms with Crippen LogP contribution in [0, 0.1) is 5.92 Å². The lowest BCUT2D eigenvalue weighted by molar-refractivity contribution is 0.0857. The third-order valence-electron chi connectivity index (χ3n) is 4.50. The van der Waals surface area contributed by atoms with E-state index in [0.717, 1.165) is 19.4 Å². The minimum Gasteiger partial charge on any atom is -0.375 e. The van der Waals surface area contributed by atoms with E-state index in [9.17, 15) is 0 Å². The van der Waals surface area contributed by atoms with E-state index in [0.29, 0.717) is 34.2 Å². The summed E-state index contributed by atoms with van der Waals surface area (Å²) in [7, 11) is 0. The Morgan fingerprint density at radius 3 is 2.75 bits per heavy atom. The van der Waals surface area contributed by atoms with Crippen molar-refractivity contribution in [3.63, 3.8) is 0 Å². The fraction of sp³-hybridized carbons (Fsp3) is 0.625. The first-order valence-electron chi connectivity index (χ1n) is 7.53. The average Bonchev–Trinajstić information content (AvgIpc) is 3.06. The van der Waals surface area contributed by atoms with Gasteiger partial charge in [-0.2, -0.15) is 0 Å². The van der Waals surface area contributed by atoms with E-state index < -0.39 is 0 Å². The highest BCUT2D eigenvalue weighted by Gasteiger charge is 2.44. The van der Waals surface area contributed by atoms with Crippen LogP contribution in [0.25, 0.3) is 0 Å². The molecule has 3 rings (SSSR count). The van der Waals surface area contributed by atoms with Crippen LogP contribution in [0.4, 0.5) is 0 Å². The molecule has 4 unspecified atom stereocenters. The molecule has 0 amide bonds. The van der Waals surface area contributed by atoms with E-state index in [1.165, 1.54) is 18.4 Å². The standard InChI is InChI=1S/C16H21Cl2NO/c1-2-7-19-16(10-3-5-13(17)14(18)8-10)12-9-11-4-6-15(12)20-11/h3,5,8,11-12,15-16,19H,2,4,6-7,9H2,1H3. The number of benzene rings is 1. The van der Waals surface area contributed by atoms with Gasteiger partial charge in [-0.25, -0.2) is 0 Å². The van der Waals surface area contributed by atoms with E-state index in [1.54, 1.807) is 0 Å². The van der Waals surface area contributed by atoms with Gasteiger partial charge in [-0.15, -0.1) is 0 Å². The summed E-state index contributed by atoms with van der Waals surface area (Å²) >= 11 is 12.2. The van der Waals surface area contributed by atoms with E-state index in [1.807, 2.05) is 12.1 Å². The average molecular weight is 314 g/mol. The Kier molecular flexibility index (Phi) is 4.56. The van der Waals surface area contributed by atoms with Crippen LogP contribution >= 0.6 is 23.2 Å². The molecule has 0 radical (unpaired) electrons. The van der Waals surface area contributed by atoms with Crippen molar-refractivity contribution >= 4 is 23.2 Å². The molecule has 2 saturated heterocycles. The number of nitrogens with one attached hydrogen (secondary N) is 1. The monoisotopic (exact) mass is 313 g/mol. The van der Waals surface area contributed by atoms with Gasteiger partial charge in [0.1, 0.15) is 0 Å². The van der Waals surface area contributed by atoms with Crippen molar-refractivity contribution in [3.05, 3.63) is 33.8 Å². The van der Waals surface area contributed by atoms with Gasteiger partial charge >= 0.3 is 0 Å². The van der Waals surface area contributed by atoms with Crippen molar-refractivity contribution in [3.8, 4) is 0 Å². The molecule has 1 aromatic carbocycles. The van der Waals surface area contributed by atoms with Crippen LogP contribution in [0.1, 0.15) is 44.2 Å². The Balaban J connectivity index is 1.83. The van der Waals surface area contributed by atoms with Crippen LogP contribution in [-0.2, 0) is 4.74 Å². The lowest BCUT2D eigenvalue weighted by Crippen LogP contribution is -2.34. The summed E-state index contributed by atoms with van der Waals surface area (Å²) in [5, 5.41) is 4.93. The number of ether oxygens (including phenoxy) is 1. The van der Waals surface area contributed by atoms with Gasteiger partial charge in [0.25, 0.3) is 0 Å². The van der Waals surface area contributed by atoms with E-state index >= 15 is 0 Å². The lowest BCUT2D eigenvalue weighted by Gasteiger charge is -2.30. The number of hydrogen-bond acceptors (Lipinski definition) is 2. The Labute approximate surface area is 130 Å². The van der Waals surface area contributed by atoms with Gasteiger partial charge in [-0.1, -0.05) is 36.2 Å². The number of halogens is 2. The Hall–Kier alpha value is -0.280. The van der Waals surface area contributed by atoms with Crippen LogP contribution < -0.4 is 5.32 Å². The third kappa shape index (κ3) is 2.85. The maximum absolute atomic E-state index is 6.19. The molecule has 4 atom stereocenters. The second-order valence-corrected chi connectivity index (χ2v) is 6.69. The molecule has 1 N–H and O–H groups in total. The Bertz CT molecular complexity index is 480. The molecule has 20 heavy (non-hydrogen) atoms. The van der Waals surface area contributed by atoms with Crippen LogP contribution in [0.5, 0.6) is 0 Å². The predicted octanol–water partition coefficient (Wildman–Crippen LogP) is 4.60. The van der Waals surface area contributed by atoms with Gasteiger partial charge < -0.3 is 10.1 Å². The molecule has 2 heterocycles. The van der Waals surface area contributed by atoms with Crippen LogP contribution in [0.15, 0.2) is 18.2 Å². The highest BCUT2D eigenvalue weighted by molar-refractivity contribution is 6.42. The van der Waals surface area contributed by atoms with Crippen molar-refractivity contribution in [1.29, 1.82) is 0 Å².